The minimum atomic E-state index is 0. The second-order valence-electron chi connectivity index (χ2n) is 1.30. The molecule has 1 aromatic rings. The van der Waals surface area contributed by atoms with Crippen molar-refractivity contribution in [2.24, 2.45) is 0 Å². The quantitative estimate of drug-likeness (QED) is 0.678. The second kappa shape index (κ2) is 4.69. The smallest absolute Gasteiger partial charge is 0.0405 e. The SMILES string of the molecule is Clc1ccccc1.[Th]. The molecule has 0 N–H and O–H groups in total. The summed E-state index contributed by atoms with van der Waals surface area (Å²) >= 11 is 5.54. The fourth-order valence-electron chi connectivity index (χ4n) is 0.415. The van der Waals surface area contributed by atoms with Crippen molar-refractivity contribution in [2.75, 3.05) is 0 Å². The van der Waals surface area contributed by atoms with E-state index in [1.54, 1.807) is 0 Å². The van der Waals surface area contributed by atoms with Gasteiger partial charge in [-0.15, -0.1) is 0 Å². The first-order chi connectivity index (χ1) is 3.39. The molecule has 1 rings (SSSR count). The third-order valence-electron chi connectivity index (χ3n) is 0.733. The van der Waals surface area contributed by atoms with Gasteiger partial charge in [0.25, 0.3) is 0 Å². The van der Waals surface area contributed by atoms with Gasteiger partial charge in [-0.25, -0.2) is 0 Å². The summed E-state index contributed by atoms with van der Waals surface area (Å²) < 4.78 is 0. The second-order valence-corrected chi connectivity index (χ2v) is 1.73. The average molecular weight is 345 g/mol. The molecule has 0 fully saturated rings. The standard InChI is InChI=1S/C6H5Cl.Th/c7-6-4-2-1-3-5-6;/h1-5H;. The molecule has 0 aromatic heterocycles. The van der Waals surface area contributed by atoms with Crippen LogP contribution < -0.4 is 0 Å². The van der Waals surface area contributed by atoms with E-state index < -0.39 is 0 Å². The fourth-order valence-corrected chi connectivity index (χ4v) is 0.560. The maximum atomic E-state index is 5.54. The zero-order valence-electron chi connectivity index (χ0n) is 4.26. The van der Waals surface area contributed by atoms with Crippen molar-refractivity contribution >= 4 is 11.6 Å². The van der Waals surface area contributed by atoms with Crippen LogP contribution in [-0.4, -0.2) is 0 Å². The van der Waals surface area contributed by atoms with Crippen LogP contribution >= 0.6 is 11.6 Å². The third kappa shape index (κ3) is 2.98. The van der Waals surface area contributed by atoms with Crippen LogP contribution in [0.25, 0.3) is 0 Å². The maximum absolute atomic E-state index is 5.54. The van der Waals surface area contributed by atoms with Crippen LogP contribution in [0.5, 0.6) is 0 Å². The fraction of sp³-hybridized carbons (Fsp3) is 0. The molecule has 8 heavy (non-hydrogen) atoms. The molecule has 0 amide bonds. The summed E-state index contributed by atoms with van der Waals surface area (Å²) in [4.78, 5) is 0. The van der Waals surface area contributed by atoms with Crippen LogP contribution in [0.3, 0.4) is 0 Å². The van der Waals surface area contributed by atoms with Gasteiger partial charge < -0.3 is 0 Å². The average Bonchev–Trinajstić information content (AvgIpc) is 1.69. The van der Waals surface area contributed by atoms with Gasteiger partial charge in [-0.1, -0.05) is 29.8 Å². The predicted octanol–water partition coefficient (Wildman–Crippen LogP) is 2.34. The summed E-state index contributed by atoms with van der Waals surface area (Å²) in [5.74, 6) is 0. The van der Waals surface area contributed by atoms with Gasteiger partial charge in [0.15, 0.2) is 0 Å². The molecule has 0 bridgehead atoms. The van der Waals surface area contributed by atoms with E-state index in [0.717, 1.165) is 5.02 Å². The van der Waals surface area contributed by atoms with Crippen LogP contribution in [-0.2, 0) is 0 Å². The monoisotopic (exact) mass is 344 g/mol. The molecule has 0 aliphatic carbocycles. The van der Waals surface area contributed by atoms with Crippen LogP contribution in [0, 0.1) is 39.9 Å². The van der Waals surface area contributed by atoms with Crippen molar-refractivity contribution in [3.8, 4) is 0 Å². The van der Waals surface area contributed by atoms with Gasteiger partial charge in [-0.2, -0.15) is 0 Å². The van der Waals surface area contributed by atoms with Crippen molar-refractivity contribution in [2.45, 2.75) is 0 Å². The number of hydrogen-bond acceptors (Lipinski definition) is 0. The Bertz CT molecular complexity index is 138. The van der Waals surface area contributed by atoms with Gasteiger partial charge in [0.05, 0.1) is 0 Å². The zero-order valence-corrected chi connectivity index (χ0v) is 9.13. The molecule has 0 saturated carbocycles. The molecule has 0 aliphatic rings. The zero-order chi connectivity index (χ0) is 5.11. The minimum Gasteiger partial charge on any atom is -0.0843 e. The summed E-state index contributed by atoms with van der Waals surface area (Å²) in [6.45, 7) is 0. The van der Waals surface area contributed by atoms with Gasteiger partial charge in [0.1, 0.15) is 0 Å². The molecule has 0 heterocycles. The Morgan fingerprint density at radius 3 is 1.75 bits per heavy atom. The molecule has 0 saturated heterocycles. The van der Waals surface area contributed by atoms with Gasteiger partial charge in [0.2, 0.25) is 0 Å². The van der Waals surface area contributed by atoms with Crippen LogP contribution in [0.2, 0.25) is 5.02 Å². The Balaban J connectivity index is 0.000000490. The topological polar surface area (TPSA) is 0 Å². The van der Waals surface area contributed by atoms with Crippen molar-refractivity contribution in [3.63, 3.8) is 0 Å². The van der Waals surface area contributed by atoms with Crippen LogP contribution in [0.4, 0.5) is 0 Å². The van der Waals surface area contributed by atoms with Gasteiger partial charge in [0, 0.05) is 45.0 Å². The first-order valence-electron chi connectivity index (χ1n) is 2.10. The van der Waals surface area contributed by atoms with Crippen molar-refractivity contribution in [3.05, 3.63) is 35.4 Å². The van der Waals surface area contributed by atoms with E-state index in [9.17, 15) is 0 Å². The Morgan fingerprint density at radius 2 is 1.50 bits per heavy atom. The van der Waals surface area contributed by atoms with E-state index in [2.05, 4.69) is 0 Å². The Morgan fingerprint density at radius 1 is 1.00 bits per heavy atom. The molecule has 0 atom stereocenters. The van der Waals surface area contributed by atoms with Crippen molar-refractivity contribution in [1.29, 1.82) is 0 Å². The molecule has 0 spiro atoms. The van der Waals surface area contributed by atoms with Crippen molar-refractivity contribution < 1.29 is 39.9 Å². The minimum absolute atomic E-state index is 0. The Kier molecular flexibility index (Phi) is 5.18. The van der Waals surface area contributed by atoms with Gasteiger partial charge >= 0.3 is 0 Å². The van der Waals surface area contributed by atoms with Crippen LogP contribution in [0.1, 0.15) is 0 Å². The largest absolute Gasteiger partial charge is 0.0843 e. The molecule has 0 unspecified atom stereocenters. The van der Waals surface area contributed by atoms with E-state index in [1.807, 2.05) is 30.3 Å². The van der Waals surface area contributed by atoms with Crippen LogP contribution in [0.15, 0.2) is 30.3 Å². The summed E-state index contributed by atoms with van der Waals surface area (Å²) in [5, 5.41) is 0.794. The summed E-state index contributed by atoms with van der Waals surface area (Å²) in [5.41, 5.74) is 0. The maximum Gasteiger partial charge on any atom is 0.0405 e. The van der Waals surface area contributed by atoms with E-state index in [4.69, 9.17) is 11.6 Å². The van der Waals surface area contributed by atoms with E-state index in [-0.39, 0.29) is 39.9 Å². The van der Waals surface area contributed by atoms with Crippen molar-refractivity contribution in [1.82, 2.24) is 0 Å². The van der Waals surface area contributed by atoms with E-state index in [1.165, 1.54) is 0 Å². The molecule has 0 aliphatic heterocycles. The Labute approximate surface area is 85.9 Å². The molecular formula is C6H5ClTh. The van der Waals surface area contributed by atoms with E-state index >= 15 is 0 Å². The number of benzene rings is 1. The number of halogens is 1. The molecular weight excluding hydrogens is 340 g/mol. The Hall–Kier alpha value is 0.835. The van der Waals surface area contributed by atoms with Gasteiger partial charge in [-0.3, -0.25) is 0 Å². The van der Waals surface area contributed by atoms with Gasteiger partial charge in [-0.05, 0) is 12.1 Å². The number of rotatable bonds is 0. The molecule has 40 valence electrons. The van der Waals surface area contributed by atoms with E-state index in [0.29, 0.717) is 0 Å². The third-order valence-corrected chi connectivity index (χ3v) is 0.985. The summed E-state index contributed by atoms with van der Waals surface area (Å²) in [7, 11) is 0. The molecule has 2 heteroatoms. The molecule has 0 radical (unpaired) electrons. The predicted molar refractivity (Wildman–Crippen MR) is 31.5 cm³/mol. The number of hydrogen-bond donors (Lipinski definition) is 0. The summed E-state index contributed by atoms with van der Waals surface area (Å²) in [6, 6.07) is 9.44. The first-order valence-corrected chi connectivity index (χ1v) is 2.48. The first kappa shape index (κ1) is 8.83. The normalized spacial score (nSPS) is 7.62. The summed E-state index contributed by atoms with van der Waals surface area (Å²) in [6.07, 6.45) is 0. The molecule has 1 aromatic carbocycles. The molecule has 0 nitrogen and oxygen atoms in total.